The molecule has 15 heteroatoms. The maximum atomic E-state index is 12.1. The van der Waals surface area contributed by atoms with Gasteiger partial charge in [0, 0.05) is 11.4 Å². The van der Waals surface area contributed by atoms with E-state index < -0.39 is 55.0 Å². The third-order valence-corrected chi connectivity index (χ3v) is 8.27. The van der Waals surface area contributed by atoms with E-state index in [1.807, 2.05) is 0 Å². The van der Waals surface area contributed by atoms with E-state index >= 15 is 0 Å². The van der Waals surface area contributed by atoms with E-state index in [-0.39, 0.29) is 27.3 Å². The summed E-state index contributed by atoms with van der Waals surface area (Å²) < 4.78 is 48.3. The highest BCUT2D eigenvalue weighted by atomic mass is 32.2. The van der Waals surface area contributed by atoms with Gasteiger partial charge >= 0.3 is 5.69 Å². The van der Waals surface area contributed by atoms with E-state index in [0.717, 1.165) is 0 Å². The Bertz CT molecular complexity index is 1360. The molecular weight excluding hydrogens is 514 g/mol. The van der Waals surface area contributed by atoms with Gasteiger partial charge in [0.25, 0.3) is 0 Å². The highest BCUT2D eigenvalue weighted by Crippen LogP contribution is 2.34. The number of hydrogen-bond acceptors (Lipinski definition) is 12. The second kappa shape index (κ2) is 10.9. The van der Waals surface area contributed by atoms with Crippen LogP contribution in [0.3, 0.4) is 0 Å². The Balaban J connectivity index is 1.92. The lowest BCUT2D eigenvalue weighted by Gasteiger charge is -2.12. The van der Waals surface area contributed by atoms with Crippen molar-refractivity contribution in [2.24, 2.45) is 0 Å². The summed E-state index contributed by atoms with van der Waals surface area (Å²) in [5.74, 6) is -0.972. The van der Waals surface area contributed by atoms with Gasteiger partial charge in [-0.05, 0) is 55.5 Å². The van der Waals surface area contributed by atoms with Crippen molar-refractivity contribution in [2.75, 3.05) is 35.4 Å². The molecule has 0 saturated carbocycles. The minimum atomic E-state index is -3.66. The summed E-state index contributed by atoms with van der Waals surface area (Å²) in [7, 11) is -7.31. The summed E-state index contributed by atoms with van der Waals surface area (Å²) in [5, 5.41) is 35.3. The van der Waals surface area contributed by atoms with Crippen LogP contribution in [-0.4, -0.2) is 66.7 Å². The monoisotopic (exact) mass is 537 g/mol. The molecule has 0 aliphatic rings. The van der Waals surface area contributed by atoms with Gasteiger partial charge in [0.2, 0.25) is 11.6 Å². The van der Waals surface area contributed by atoms with Crippen molar-refractivity contribution in [1.29, 1.82) is 0 Å². The van der Waals surface area contributed by atoms with Gasteiger partial charge in [-0.2, -0.15) is 0 Å². The molecule has 0 amide bonds. The zero-order valence-corrected chi connectivity index (χ0v) is 20.6. The van der Waals surface area contributed by atoms with Gasteiger partial charge in [-0.25, -0.2) is 26.8 Å². The Hall–Kier alpha value is -3.66. The summed E-state index contributed by atoms with van der Waals surface area (Å²) in [6.07, 6.45) is 0. The number of hydrogen-bond donors (Lipinski definition) is 4. The van der Waals surface area contributed by atoms with Crippen molar-refractivity contribution >= 4 is 48.4 Å². The van der Waals surface area contributed by atoms with Gasteiger partial charge in [0.15, 0.2) is 19.7 Å². The quantitative estimate of drug-likeness (QED) is 0.204. The van der Waals surface area contributed by atoms with Crippen LogP contribution in [0.15, 0.2) is 58.3 Å². The van der Waals surface area contributed by atoms with Crippen LogP contribution in [0.5, 0.6) is 0 Å². The lowest BCUT2D eigenvalue weighted by atomic mass is 10.3. The molecule has 4 N–H and O–H groups in total. The summed E-state index contributed by atoms with van der Waals surface area (Å²) in [6, 6.07) is 10.8. The lowest BCUT2D eigenvalue weighted by molar-refractivity contribution is -0.383. The van der Waals surface area contributed by atoms with Crippen molar-refractivity contribution in [3.8, 4) is 0 Å². The Kier molecular flexibility index (Phi) is 8.19. The Labute approximate surface area is 206 Å². The van der Waals surface area contributed by atoms with Crippen LogP contribution in [0.4, 0.5) is 28.7 Å². The molecule has 0 unspecified atom stereocenters. The number of nitrogens with zero attached hydrogens (tertiary/aromatic N) is 3. The molecule has 1 aromatic heterocycles. The van der Waals surface area contributed by atoms with Crippen LogP contribution in [0, 0.1) is 17.0 Å². The first-order chi connectivity index (χ1) is 17.0. The number of aryl methyl sites for hydroxylation is 1. The Morgan fingerprint density at radius 2 is 1.14 bits per heavy atom. The SMILES string of the molecule is Cc1nc(Nc2ccc(S(=O)(=O)CCO)cc2)c([N+](=O)[O-])c(Nc2ccc(S(=O)(=O)CCO)cc2)n1. The molecule has 0 radical (unpaired) electrons. The number of rotatable bonds is 11. The van der Waals surface area contributed by atoms with Gasteiger partial charge in [-0.3, -0.25) is 10.1 Å². The first-order valence-electron chi connectivity index (χ1n) is 10.4. The molecule has 0 aliphatic heterocycles. The van der Waals surface area contributed by atoms with Gasteiger partial charge in [-0.1, -0.05) is 0 Å². The van der Waals surface area contributed by atoms with Crippen LogP contribution in [0.1, 0.15) is 5.82 Å². The fourth-order valence-corrected chi connectivity index (χ4v) is 5.21. The largest absolute Gasteiger partial charge is 0.395 e. The number of benzene rings is 2. The molecule has 13 nitrogen and oxygen atoms in total. The predicted octanol–water partition coefficient (Wildman–Crippen LogP) is 1.71. The third kappa shape index (κ3) is 6.31. The Morgan fingerprint density at radius 3 is 1.44 bits per heavy atom. The molecule has 36 heavy (non-hydrogen) atoms. The standard InChI is InChI=1S/C21H23N5O8S2/c1-14-22-20(24-15-2-6-17(7-3-15)35(31,32)12-10-27)19(26(29)30)21(23-14)25-16-4-8-18(9-5-16)36(33,34)13-11-28/h2-9,27-28H,10-13H2,1H3,(H2,22,23,24,25). The lowest BCUT2D eigenvalue weighted by Crippen LogP contribution is -2.10. The second-order valence-corrected chi connectivity index (χ2v) is 11.7. The van der Waals surface area contributed by atoms with E-state index in [0.29, 0.717) is 11.4 Å². The van der Waals surface area contributed by atoms with Crippen LogP contribution < -0.4 is 10.6 Å². The number of nitro groups is 1. The molecule has 0 spiro atoms. The molecule has 3 rings (SSSR count). The maximum absolute atomic E-state index is 12.1. The number of aliphatic hydroxyl groups is 2. The number of nitrogens with one attached hydrogen (secondary N) is 2. The third-order valence-electron chi connectivity index (χ3n) is 4.85. The van der Waals surface area contributed by atoms with E-state index in [2.05, 4.69) is 20.6 Å². The molecule has 192 valence electrons. The topological polar surface area (TPSA) is 202 Å². The Morgan fingerprint density at radius 1 is 0.778 bits per heavy atom. The fraction of sp³-hybridized carbons (Fsp3) is 0.238. The van der Waals surface area contributed by atoms with Crippen LogP contribution in [0.2, 0.25) is 0 Å². The zero-order valence-electron chi connectivity index (χ0n) is 18.9. The van der Waals surface area contributed by atoms with Crippen LogP contribution >= 0.6 is 0 Å². The first kappa shape index (κ1) is 26.9. The molecular formula is C21H23N5O8S2. The maximum Gasteiger partial charge on any atom is 0.353 e. The molecule has 0 bridgehead atoms. The van der Waals surface area contributed by atoms with Crippen molar-refractivity contribution < 1.29 is 32.0 Å². The van der Waals surface area contributed by atoms with Gasteiger partial charge in [-0.15, -0.1) is 0 Å². The average Bonchev–Trinajstić information content (AvgIpc) is 2.79. The minimum Gasteiger partial charge on any atom is -0.395 e. The number of sulfone groups is 2. The number of anilines is 4. The smallest absolute Gasteiger partial charge is 0.353 e. The molecule has 3 aromatic rings. The fourth-order valence-electron chi connectivity index (χ4n) is 3.15. The molecule has 0 saturated heterocycles. The molecule has 0 aliphatic carbocycles. The van der Waals surface area contributed by atoms with Crippen molar-refractivity contribution in [2.45, 2.75) is 16.7 Å². The molecule has 2 aromatic carbocycles. The normalized spacial score (nSPS) is 11.8. The summed E-state index contributed by atoms with van der Waals surface area (Å²) in [6.45, 7) is 0.479. The van der Waals surface area contributed by atoms with E-state index in [1.54, 1.807) is 0 Å². The van der Waals surface area contributed by atoms with Crippen molar-refractivity contribution in [1.82, 2.24) is 9.97 Å². The van der Waals surface area contributed by atoms with Crippen molar-refractivity contribution in [3.63, 3.8) is 0 Å². The molecule has 1 heterocycles. The summed E-state index contributed by atoms with van der Waals surface area (Å²) >= 11 is 0. The van der Waals surface area contributed by atoms with E-state index in [1.165, 1.54) is 55.5 Å². The van der Waals surface area contributed by atoms with Crippen LogP contribution in [0.25, 0.3) is 0 Å². The van der Waals surface area contributed by atoms with Gasteiger partial charge in [0.05, 0.1) is 39.4 Å². The second-order valence-electron chi connectivity index (χ2n) is 7.46. The van der Waals surface area contributed by atoms with E-state index in [4.69, 9.17) is 10.2 Å². The number of aromatic nitrogens is 2. The molecule has 0 fully saturated rings. The predicted molar refractivity (Wildman–Crippen MR) is 131 cm³/mol. The number of aliphatic hydroxyl groups excluding tert-OH is 2. The zero-order chi connectivity index (χ0) is 26.5. The first-order valence-corrected chi connectivity index (χ1v) is 13.7. The van der Waals surface area contributed by atoms with Crippen molar-refractivity contribution in [3.05, 3.63) is 64.5 Å². The van der Waals surface area contributed by atoms with Crippen LogP contribution in [-0.2, 0) is 19.7 Å². The summed E-state index contributed by atoms with van der Waals surface area (Å²) in [5.41, 5.74) is 0.154. The highest BCUT2D eigenvalue weighted by Gasteiger charge is 2.25. The van der Waals surface area contributed by atoms with Gasteiger partial charge < -0.3 is 20.8 Å². The van der Waals surface area contributed by atoms with E-state index in [9.17, 15) is 26.9 Å². The molecule has 0 atom stereocenters. The summed E-state index contributed by atoms with van der Waals surface area (Å²) in [4.78, 5) is 19.4. The highest BCUT2D eigenvalue weighted by molar-refractivity contribution is 7.91. The minimum absolute atomic E-state index is 0.0118. The van der Waals surface area contributed by atoms with Gasteiger partial charge in [0.1, 0.15) is 5.82 Å². The average molecular weight is 538 g/mol.